The Morgan fingerprint density at radius 3 is 2.62 bits per heavy atom. The number of hydrogen-bond donors (Lipinski definition) is 1. The first-order chi connectivity index (χ1) is 11.4. The molecular formula is C15H15FN2O4S2. The van der Waals surface area contributed by atoms with Gasteiger partial charge in [0.2, 0.25) is 10.0 Å². The number of nitro groups is 1. The number of thioether (sulfide) groups is 1. The molecule has 24 heavy (non-hydrogen) atoms. The third-order valence-electron chi connectivity index (χ3n) is 3.09. The minimum Gasteiger partial charge on any atom is -0.258 e. The zero-order valence-corrected chi connectivity index (χ0v) is 14.1. The predicted octanol–water partition coefficient (Wildman–Crippen LogP) is 2.95. The Balaban J connectivity index is 1.86. The van der Waals surface area contributed by atoms with Gasteiger partial charge >= 0.3 is 0 Å². The zero-order chi connectivity index (χ0) is 17.6. The first-order valence-corrected chi connectivity index (χ1v) is 9.59. The summed E-state index contributed by atoms with van der Waals surface area (Å²) in [5.74, 6) is 0.593. The second-order valence-corrected chi connectivity index (χ2v) is 7.67. The van der Waals surface area contributed by atoms with E-state index in [9.17, 15) is 22.9 Å². The maximum absolute atomic E-state index is 13.4. The van der Waals surface area contributed by atoms with E-state index in [1.807, 2.05) is 0 Å². The molecule has 0 atom stereocenters. The molecule has 1 N–H and O–H groups in total. The lowest BCUT2D eigenvalue weighted by Crippen LogP contribution is -2.26. The smallest absolute Gasteiger partial charge is 0.258 e. The minimum absolute atomic E-state index is 0.143. The van der Waals surface area contributed by atoms with Crippen molar-refractivity contribution in [1.82, 2.24) is 4.72 Å². The Morgan fingerprint density at radius 2 is 1.92 bits per heavy atom. The third kappa shape index (κ3) is 5.02. The summed E-state index contributed by atoms with van der Waals surface area (Å²) in [5.41, 5.74) is 0.274. The molecule has 0 aromatic heterocycles. The molecule has 0 bridgehead atoms. The quantitative estimate of drug-likeness (QED) is 0.438. The number of hydrogen-bond acceptors (Lipinski definition) is 5. The van der Waals surface area contributed by atoms with Gasteiger partial charge in [-0.1, -0.05) is 24.3 Å². The van der Waals surface area contributed by atoms with Gasteiger partial charge in [0.05, 0.1) is 9.82 Å². The fraction of sp³-hybridized carbons (Fsp3) is 0.200. The van der Waals surface area contributed by atoms with E-state index in [0.29, 0.717) is 17.1 Å². The lowest BCUT2D eigenvalue weighted by molar-refractivity contribution is -0.385. The third-order valence-corrected chi connectivity index (χ3v) is 5.56. The van der Waals surface area contributed by atoms with Crippen molar-refractivity contribution in [2.45, 2.75) is 10.6 Å². The van der Waals surface area contributed by atoms with Crippen LogP contribution in [0.4, 0.5) is 10.1 Å². The number of nitro benzene ring substituents is 1. The highest BCUT2D eigenvalue weighted by Gasteiger charge is 2.16. The van der Waals surface area contributed by atoms with Gasteiger partial charge in [-0.25, -0.2) is 17.5 Å². The van der Waals surface area contributed by atoms with E-state index >= 15 is 0 Å². The highest BCUT2D eigenvalue weighted by atomic mass is 32.2. The topological polar surface area (TPSA) is 89.3 Å². The van der Waals surface area contributed by atoms with Crippen molar-refractivity contribution in [2.24, 2.45) is 0 Å². The van der Waals surface area contributed by atoms with Crippen LogP contribution in [0.25, 0.3) is 0 Å². The predicted molar refractivity (Wildman–Crippen MR) is 90.8 cm³/mol. The van der Waals surface area contributed by atoms with Crippen molar-refractivity contribution in [1.29, 1.82) is 0 Å². The number of benzene rings is 2. The van der Waals surface area contributed by atoms with Crippen LogP contribution in [0.5, 0.6) is 0 Å². The molecule has 2 rings (SSSR count). The van der Waals surface area contributed by atoms with Crippen molar-refractivity contribution in [3.05, 3.63) is 70.0 Å². The molecule has 0 heterocycles. The molecular weight excluding hydrogens is 355 g/mol. The van der Waals surface area contributed by atoms with Crippen LogP contribution in [0.3, 0.4) is 0 Å². The van der Waals surface area contributed by atoms with E-state index in [1.165, 1.54) is 36.0 Å². The van der Waals surface area contributed by atoms with E-state index < -0.39 is 14.9 Å². The average molecular weight is 370 g/mol. The average Bonchev–Trinajstić information content (AvgIpc) is 2.56. The molecule has 0 fully saturated rings. The second kappa shape index (κ2) is 8.22. The molecule has 2 aromatic carbocycles. The number of non-ortho nitro benzene ring substituents is 1. The first kappa shape index (κ1) is 18.4. The van der Waals surface area contributed by atoms with Gasteiger partial charge in [-0.15, -0.1) is 0 Å². The number of nitrogens with one attached hydrogen (secondary N) is 1. The van der Waals surface area contributed by atoms with Crippen LogP contribution in [0, 0.1) is 15.9 Å². The van der Waals surface area contributed by atoms with Crippen molar-refractivity contribution < 1.29 is 17.7 Å². The molecule has 0 radical (unpaired) electrons. The van der Waals surface area contributed by atoms with Crippen molar-refractivity contribution in [3.63, 3.8) is 0 Å². The van der Waals surface area contributed by atoms with Crippen LogP contribution in [0.1, 0.15) is 5.56 Å². The summed E-state index contributed by atoms with van der Waals surface area (Å²) in [7, 11) is -3.81. The summed E-state index contributed by atoms with van der Waals surface area (Å²) < 4.78 is 40.0. The fourth-order valence-electron chi connectivity index (χ4n) is 1.89. The number of sulfonamides is 1. The Morgan fingerprint density at radius 1 is 1.17 bits per heavy atom. The highest BCUT2D eigenvalue weighted by molar-refractivity contribution is 7.98. The highest BCUT2D eigenvalue weighted by Crippen LogP contribution is 2.18. The second-order valence-electron chi connectivity index (χ2n) is 4.80. The molecule has 0 aliphatic rings. The summed E-state index contributed by atoms with van der Waals surface area (Å²) in [6.45, 7) is 0.143. The molecule has 2 aromatic rings. The van der Waals surface area contributed by atoms with Gasteiger partial charge in [0.25, 0.3) is 5.69 Å². The van der Waals surface area contributed by atoms with Crippen LogP contribution in [0.15, 0.2) is 53.4 Å². The van der Waals surface area contributed by atoms with Gasteiger partial charge in [-0.2, -0.15) is 11.8 Å². The van der Waals surface area contributed by atoms with Crippen molar-refractivity contribution >= 4 is 27.5 Å². The SMILES string of the molecule is O=[N+]([O-])c1cccc(S(=O)(=O)NCCSCc2ccccc2F)c1. The standard InChI is InChI=1S/C15H15FN2O4S2/c16-15-7-2-1-4-12(15)11-23-9-8-17-24(21,22)14-6-3-5-13(10-14)18(19)20/h1-7,10,17H,8-9,11H2. The normalized spacial score (nSPS) is 11.4. The summed E-state index contributed by atoms with van der Waals surface area (Å²) in [6.07, 6.45) is 0. The minimum atomic E-state index is -3.81. The maximum Gasteiger partial charge on any atom is 0.270 e. The summed E-state index contributed by atoms with van der Waals surface area (Å²) in [4.78, 5) is 9.89. The molecule has 0 saturated carbocycles. The molecule has 128 valence electrons. The van der Waals surface area contributed by atoms with E-state index in [1.54, 1.807) is 18.2 Å². The molecule has 0 unspecified atom stereocenters. The Kier molecular flexibility index (Phi) is 6.29. The molecule has 0 aliphatic carbocycles. The Bertz CT molecular complexity index is 828. The number of rotatable bonds is 8. The van der Waals surface area contributed by atoms with Gasteiger partial charge in [0, 0.05) is 30.2 Å². The summed E-state index contributed by atoms with van der Waals surface area (Å²) >= 11 is 1.39. The van der Waals surface area contributed by atoms with Gasteiger partial charge in [0.15, 0.2) is 0 Å². The van der Waals surface area contributed by atoms with E-state index in [2.05, 4.69) is 4.72 Å². The Hall–Kier alpha value is -1.97. The van der Waals surface area contributed by atoms with Crippen LogP contribution in [-0.4, -0.2) is 25.6 Å². The van der Waals surface area contributed by atoms with Gasteiger partial charge < -0.3 is 0 Å². The van der Waals surface area contributed by atoms with Crippen molar-refractivity contribution in [2.75, 3.05) is 12.3 Å². The molecule has 0 amide bonds. The van der Waals surface area contributed by atoms with E-state index in [0.717, 1.165) is 6.07 Å². The lowest BCUT2D eigenvalue weighted by Gasteiger charge is -2.07. The first-order valence-electron chi connectivity index (χ1n) is 6.95. The van der Waals surface area contributed by atoms with Gasteiger partial charge in [0.1, 0.15) is 5.82 Å². The monoisotopic (exact) mass is 370 g/mol. The van der Waals surface area contributed by atoms with Crippen LogP contribution < -0.4 is 4.72 Å². The number of halogens is 1. The summed E-state index contributed by atoms with van der Waals surface area (Å²) in [6, 6.07) is 11.2. The molecule has 0 aliphatic heterocycles. The van der Waals surface area contributed by atoms with Gasteiger partial charge in [-0.3, -0.25) is 10.1 Å². The number of nitrogens with zero attached hydrogens (tertiary/aromatic N) is 1. The van der Waals surface area contributed by atoms with E-state index in [-0.39, 0.29) is 22.9 Å². The van der Waals surface area contributed by atoms with Crippen LogP contribution in [0.2, 0.25) is 0 Å². The molecule has 9 heteroatoms. The summed E-state index contributed by atoms with van der Waals surface area (Å²) in [5, 5.41) is 10.7. The zero-order valence-electron chi connectivity index (χ0n) is 12.5. The maximum atomic E-state index is 13.4. The molecule has 0 spiro atoms. The molecule has 0 saturated heterocycles. The molecule has 6 nitrogen and oxygen atoms in total. The largest absolute Gasteiger partial charge is 0.270 e. The lowest BCUT2D eigenvalue weighted by atomic mass is 10.2. The fourth-order valence-corrected chi connectivity index (χ4v) is 3.94. The van der Waals surface area contributed by atoms with Gasteiger partial charge in [-0.05, 0) is 17.7 Å². The van der Waals surface area contributed by atoms with Crippen molar-refractivity contribution in [3.8, 4) is 0 Å². The van der Waals surface area contributed by atoms with Crippen LogP contribution in [-0.2, 0) is 15.8 Å². The van der Waals surface area contributed by atoms with Crippen LogP contribution >= 0.6 is 11.8 Å². The van der Waals surface area contributed by atoms with E-state index in [4.69, 9.17) is 0 Å². The Labute approximate surface area is 143 Å².